The second kappa shape index (κ2) is 23.2. The number of rotatable bonds is 16. The highest BCUT2D eigenvalue weighted by Crippen LogP contribution is 2.34. The van der Waals surface area contributed by atoms with E-state index in [2.05, 4.69) is 29.4 Å². The minimum Gasteiger partial charge on any atom is -0.480 e. The molecule has 0 saturated carbocycles. The molecule has 4 heterocycles. The number of benzene rings is 4. The SMILES string of the molecule is COC(=O)[C@@H](C)Cn1cnc2ccc(-c3cnc(OC)c(NS(=O)(=O)c4ccc(F)cc4Cl)c3)cc2c1=O.COC(=O)[C@H](C)Cn1cnc2ccc(-c3cnc(OC)c(NS(=O)(=O)c4ccc(F)cc4Cl)c3)cc2c1=O. The van der Waals surface area contributed by atoms with Gasteiger partial charge >= 0.3 is 11.9 Å². The topological polar surface area (TPSA) is 259 Å². The highest BCUT2D eigenvalue weighted by molar-refractivity contribution is 7.93. The van der Waals surface area contributed by atoms with Gasteiger partial charge in [-0.2, -0.15) is 0 Å². The normalized spacial score (nSPS) is 12.2. The van der Waals surface area contributed by atoms with Crippen molar-refractivity contribution in [3.05, 3.63) is 152 Å². The van der Waals surface area contributed by atoms with Gasteiger partial charge in [0, 0.05) is 36.6 Å². The van der Waals surface area contributed by atoms with E-state index < -0.39 is 55.5 Å². The summed E-state index contributed by atoms with van der Waals surface area (Å²) in [6.45, 7) is 3.45. The summed E-state index contributed by atoms with van der Waals surface area (Å²) < 4.78 is 106. The average molecular weight is 1120 g/mol. The maximum Gasteiger partial charge on any atom is 0.310 e. The first kappa shape index (κ1) is 55.7. The second-order valence-electron chi connectivity index (χ2n) is 16.6. The van der Waals surface area contributed by atoms with Crippen LogP contribution in [0, 0.1) is 23.5 Å². The molecule has 26 heteroatoms. The molecule has 0 aliphatic heterocycles. The van der Waals surface area contributed by atoms with Crippen LogP contribution in [0.4, 0.5) is 20.2 Å². The molecular formula is C50H44Cl2F2N8O12S2. The predicted octanol–water partition coefficient (Wildman–Crippen LogP) is 7.74. The van der Waals surface area contributed by atoms with E-state index >= 15 is 0 Å². The molecule has 0 unspecified atom stereocenters. The predicted molar refractivity (Wildman–Crippen MR) is 278 cm³/mol. The Morgan fingerprint density at radius 1 is 0.566 bits per heavy atom. The number of carbonyl (C=O) groups is 2. The van der Waals surface area contributed by atoms with Gasteiger partial charge < -0.3 is 18.9 Å². The summed E-state index contributed by atoms with van der Waals surface area (Å²) in [6.07, 6.45) is 5.65. The molecule has 0 aliphatic rings. The zero-order valence-corrected chi connectivity index (χ0v) is 44.0. The summed E-state index contributed by atoms with van der Waals surface area (Å²) in [5.41, 5.74) is 2.19. The van der Waals surface area contributed by atoms with Crippen LogP contribution < -0.4 is 30.0 Å². The highest BCUT2D eigenvalue weighted by atomic mass is 35.5. The number of carbonyl (C=O) groups excluding carboxylic acids is 2. The number of nitrogens with one attached hydrogen (secondary N) is 2. The summed E-state index contributed by atoms with van der Waals surface area (Å²) >= 11 is 11.9. The fraction of sp³-hybridized carbons (Fsp3) is 0.200. The van der Waals surface area contributed by atoms with E-state index in [4.69, 9.17) is 42.1 Å². The minimum absolute atomic E-state index is 0.000916. The molecule has 4 aromatic carbocycles. The number of hydrogen-bond acceptors (Lipinski definition) is 16. The molecule has 0 radical (unpaired) electrons. The molecule has 0 amide bonds. The van der Waals surface area contributed by atoms with Crippen LogP contribution in [0.25, 0.3) is 44.1 Å². The van der Waals surface area contributed by atoms with Crippen molar-refractivity contribution in [2.24, 2.45) is 11.8 Å². The number of fused-ring (bicyclic) bond motifs is 2. The Labute approximate surface area is 442 Å². The maximum absolute atomic E-state index is 13.4. The van der Waals surface area contributed by atoms with Crippen molar-refractivity contribution in [3.63, 3.8) is 0 Å². The molecule has 0 aliphatic carbocycles. The molecule has 0 spiro atoms. The van der Waals surface area contributed by atoms with E-state index in [0.29, 0.717) is 33.3 Å². The van der Waals surface area contributed by atoms with Crippen molar-refractivity contribution in [2.75, 3.05) is 37.9 Å². The van der Waals surface area contributed by atoms with Gasteiger partial charge in [0.15, 0.2) is 0 Å². The summed E-state index contributed by atoms with van der Waals surface area (Å²) in [5.74, 6) is -3.42. The van der Waals surface area contributed by atoms with Gasteiger partial charge in [0.2, 0.25) is 11.8 Å². The Morgan fingerprint density at radius 2 is 0.947 bits per heavy atom. The molecule has 0 saturated heterocycles. The van der Waals surface area contributed by atoms with Gasteiger partial charge in [0.05, 0.1) is 84.8 Å². The van der Waals surface area contributed by atoms with Gasteiger partial charge in [-0.3, -0.25) is 37.8 Å². The third-order valence-electron chi connectivity index (χ3n) is 11.4. The molecule has 2 N–H and O–H groups in total. The van der Waals surface area contributed by atoms with Crippen LogP contribution in [0.15, 0.2) is 129 Å². The molecule has 0 bridgehead atoms. The molecule has 8 aromatic rings. The first-order valence-electron chi connectivity index (χ1n) is 22.3. The molecule has 396 valence electrons. The molecule has 2 atom stereocenters. The van der Waals surface area contributed by atoms with Crippen molar-refractivity contribution in [1.29, 1.82) is 0 Å². The van der Waals surface area contributed by atoms with Crippen LogP contribution in [0.2, 0.25) is 10.0 Å². The third kappa shape index (κ3) is 12.4. The Balaban J connectivity index is 0.000000221. The molecule has 8 rings (SSSR count). The van der Waals surface area contributed by atoms with Crippen molar-refractivity contribution in [3.8, 4) is 34.0 Å². The van der Waals surface area contributed by atoms with Crippen LogP contribution in [-0.2, 0) is 52.2 Å². The van der Waals surface area contributed by atoms with Gasteiger partial charge in [-0.1, -0.05) is 49.2 Å². The van der Waals surface area contributed by atoms with Gasteiger partial charge in [0.25, 0.3) is 31.2 Å². The van der Waals surface area contributed by atoms with Crippen LogP contribution in [-0.4, -0.2) is 86.3 Å². The van der Waals surface area contributed by atoms with E-state index in [1.54, 1.807) is 50.2 Å². The number of aromatic nitrogens is 6. The lowest BCUT2D eigenvalue weighted by Gasteiger charge is -2.14. The number of ether oxygens (including phenoxy) is 4. The highest BCUT2D eigenvalue weighted by Gasteiger charge is 2.24. The summed E-state index contributed by atoms with van der Waals surface area (Å²) in [5, 5.41) is -0.00275. The number of hydrogen-bond donors (Lipinski definition) is 2. The number of methoxy groups -OCH3 is 4. The van der Waals surface area contributed by atoms with Crippen molar-refractivity contribution >= 4 is 88.4 Å². The average Bonchev–Trinajstić information content (AvgIpc) is 3.39. The van der Waals surface area contributed by atoms with E-state index in [1.807, 2.05) is 0 Å². The van der Waals surface area contributed by atoms with Crippen molar-refractivity contribution in [1.82, 2.24) is 29.1 Å². The van der Waals surface area contributed by atoms with Crippen molar-refractivity contribution in [2.45, 2.75) is 36.7 Å². The molecule has 76 heavy (non-hydrogen) atoms. The van der Waals surface area contributed by atoms with Crippen LogP contribution in [0.3, 0.4) is 0 Å². The Bertz CT molecular complexity index is 3670. The first-order chi connectivity index (χ1) is 36.1. The Hall–Kier alpha value is -8.06. The van der Waals surface area contributed by atoms with Crippen molar-refractivity contribution < 1.29 is 54.2 Å². The van der Waals surface area contributed by atoms with E-state index in [0.717, 1.165) is 36.4 Å². The van der Waals surface area contributed by atoms with E-state index in [9.17, 15) is 44.8 Å². The Kier molecular flexibility index (Phi) is 17.0. The van der Waals surface area contributed by atoms with Crippen LogP contribution >= 0.6 is 23.2 Å². The number of nitrogens with zero attached hydrogens (tertiary/aromatic N) is 6. The summed E-state index contributed by atoms with van der Waals surface area (Å²) in [4.78, 5) is 66.2. The maximum atomic E-state index is 13.4. The number of anilines is 2. The van der Waals surface area contributed by atoms with Gasteiger partial charge in [-0.05, 0) is 83.9 Å². The van der Waals surface area contributed by atoms with Crippen LogP contribution in [0.1, 0.15) is 13.8 Å². The lowest BCUT2D eigenvalue weighted by Crippen LogP contribution is -2.27. The fourth-order valence-electron chi connectivity index (χ4n) is 7.56. The summed E-state index contributed by atoms with van der Waals surface area (Å²) in [6, 6.07) is 18.7. The largest absolute Gasteiger partial charge is 0.480 e. The third-order valence-corrected chi connectivity index (χ3v) is 15.1. The number of pyridine rings is 2. The molecule has 0 fully saturated rings. The fourth-order valence-corrected chi connectivity index (χ4v) is 10.7. The number of esters is 2. The zero-order valence-electron chi connectivity index (χ0n) is 40.9. The monoisotopic (exact) mass is 1120 g/mol. The standard InChI is InChI=1S/2C25H22ClFN4O6S/c2*1-14(25(33)37-3)12-31-13-29-20-6-4-15(8-18(20)24(31)32)16-9-21(23(36-2)28-11-16)30-38(34,35)22-7-5-17(27)10-19(22)26/h2*4-11,13-14,30H,12H2,1-3H3/t2*14-/m10/s1. The van der Waals surface area contributed by atoms with Gasteiger partial charge in [0.1, 0.15) is 32.8 Å². The summed E-state index contributed by atoms with van der Waals surface area (Å²) in [7, 11) is -3.26. The van der Waals surface area contributed by atoms with E-state index in [-0.39, 0.29) is 78.0 Å². The zero-order chi connectivity index (χ0) is 55.2. The van der Waals surface area contributed by atoms with E-state index in [1.165, 1.54) is 74.8 Å². The molecule has 4 aromatic heterocycles. The molecule has 20 nitrogen and oxygen atoms in total. The number of halogens is 4. The van der Waals surface area contributed by atoms with Gasteiger partial charge in [-0.15, -0.1) is 0 Å². The minimum atomic E-state index is -4.23. The lowest BCUT2D eigenvalue weighted by atomic mass is 10.0. The lowest BCUT2D eigenvalue weighted by molar-refractivity contribution is -0.146. The van der Waals surface area contributed by atoms with Crippen LogP contribution in [0.5, 0.6) is 11.8 Å². The second-order valence-corrected chi connectivity index (χ2v) is 20.8. The van der Waals surface area contributed by atoms with Gasteiger partial charge in [-0.25, -0.2) is 45.6 Å². The smallest absolute Gasteiger partial charge is 0.310 e. The number of sulfonamides is 2. The first-order valence-corrected chi connectivity index (χ1v) is 26.0. The Morgan fingerprint density at radius 3 is 1.29 bits per heavy atom. The molecular weight excluding hydrogens is 1080 g/mol. The quantitative estimate of drug-likeness (QED) is 0.0877.